The number of sulfonamides is 1. The molecule has 3 rings (SSSR count). The number of nitrogens with zero attached hydrogens (tertiary/aromatic N) is 1. The minimum absolute atomic E-state index is 0.0365. The SMILES string of the molecule is Cc1ccc(C(CNS(=O)(=O)c2cc(F)ccc2F)N2CCOCC2)o1. The fourth-order valence-electron chi connectivity index (χ4n) is 2.88. The summed E-state index contributed by atoms with van der Waals surface area (Å²) in [4.78, 5) is 1.32. The van der Waals surface area contributed by atoms with Gasteiger partial charge < -0.3 is 9.15 Å². The van der Waals surface area contributed by atoms with Gasteiger partial charge in [0.1, 0.15) is 28.1 Å². The first-order valence-corrected chi connectivity index (χ1v) is 9.68. The molecule has 1 saturated heterocycles. The van der Waals surface area contributed by atoms with Crippen LogP contribution in [0.1, 0.15) is 17.6 Å². The molecule has 2 aromatic rings. The van der Waals surface area contributed by atoms with E-state index in [0.29, 0.717) is 43.9 Å². The Morgan fingerprint density at radius 1 is 1.19 bits per heavy atom. The van der Waals surface area contributed by atoms with Crippen LogP contribution in [-0.2, 0) is 14.8 Å². The second-order valence-electron chi connectivity index (χ2n) is 6.04. The van der Waals surface area contributed by atoms with E-state index in [4.69, 9.17) is 9.15 Å². The van der Waals surface area contributed by atoms with Crippen molar-refractivity contribution < 1.29 is 26.4 Å². The maximum Gasteiger partial charge on any atom is 0.243 e. The largest absolute Gasteiger partial charge is 0.465 e. The Kier molecular flexibility index (Phi) is 5.71. The number of halogens is 2. The van der Waals surface area contributed by atoms with Gasteiger partial charge in [-0.15, -0.1) is 0 Å². The fraction of sp³-hybridized carbons (Fsp3) is 0.412. The number of hydrogen-bond acceptors (Lipinski definition) is 5. The predicted molar refractivity (Wildman–Crippen MR) is 90.1 cm³/mol. The topological polar surface area (TPSA) is 71.8 Å². The summed E-state index contributed by atoms with van der Waals surface area (Å²) in [6, 6.07) is 5.53. The fourth-order valence-corrected chi connectivity index (χ4v) is 4.01. The molecule has 0 saturated carbocycles. The van der Waals surface area contributed by atoms with E-state index >= 15 is 0 Å². The molecule has 0 aliphatic carbocycles. The van der Waals surface area contributed by atoms with Crippen molar-refractivity contribution in [1.82, 2.24) is 9.62 Å². The van der Waals surface area contributed by atoms with E-state index in [1.807, 2.05) is 4.90 Å². The number of morpholine rings is 1. The van der Waals surface area contributed by atoms with Gasteiger partial charge in [-0.3, -0.25) is 4.90 Å². The minimum Gasteiger partial charge on any atom is -0.465 e. The lowest BCUT2D eigenvalue weighted by Crippen LogP contribution is -2.43. The number of hydrogen-bond donors (Lipinski definition) is 1. The summed E-state index contributed by atoms with van der Waals surface area (Å²) < 4.78 is 65.4. The van der Waals surface area contributed by atoms with Crippen molar-refractivity contribution in [1.29, 1.82) is 0 Å². The zero-order chi connectivity index (χ0) is 18.7. The number of benzene rings is 1. The van der Waals surface area contributed by atoms with Crippen LogP contribution in [0.25, 0.3) is 0 Å². The zero-order valence-corrected chi connectivity index (χ0v) is 15.1. The van der Waals surface area contributed by atoms with Gasteiger partial charge >= 0.3 is 0 Å². The lowest BCUT2D eigenvalue weighted by atomic mass is 10.2. The first-order chi connectivity index (χ1) is 12.4. The number of nitrogens with one attached hydrogen (secondary N) is 1. The average Bonchev–Trinajstić information content (AvgIpc) is 3.04. The third-order valence-electron chi connectivity index (χ3n) is 4.23. The van der Waals surface area contributed by atoms with Crippen LogP contribution in [0, 0.1) is 18.6 Å². The Morgan fingerprint density at radius 2 is 1.92 bits per heavy atom. The second kappa shape index (κ2) is 7.83. The number of rotatable bonds is 6. The van der Waals surface area contributed by atoms with Crippen molar-refractivity contribution in [2.75, 3.05) is 32.8 Å². The van der Waals surface area contributed by atoms with Gasteiger partial charge in [-0.1, -0.05) is 0 Å². The van der Waals surface area contributed by atoms with Crippen molar-refractivity contribution in [3.63, 3.8) is 0 Å². The molecule has 0 spiro atoms. The number of ether oxygens (including phenoxy) is 1. The van der Waals surface area contributed by atoms with E-state index in [-0.39, 0.29) is 12.6 Å². The van der Waals surface area contributed by atoms with Crippen LogP contribution in [0.4, 0.5) is 8.78 Å². The first kappa shape index (κ1) is 19.0. The lowest BCUT2D eigenvalue weighted by Gasteiger charge is -2.33. The third-order valence-corrected chi connectivity index (χ3v) is 5.66. The van der Waals surface area contributed by atoms with Crippen molar-refractivity contribution in [2.24, 2.45) is 0 Å². The molecule has 142 valence electrons. The van der Waals surface area contributed by atoms with Crippen LogP contribution in [0.15, 0.2) is 39.6 Å². The summed E-state index contributed by atoms with van der Waals surface area (Å²) in [6.07, 6.45) is 0. The zero-order valence-electron chi connectivity index (χ0n) is 14.2. The predicted octanol–water partition coefficient (Wildman–Crippen LogP) is 2.22. The number of aryl methyl sites for hydroxylation is 1. The molecule has 1 N–H and O–H groups in total. The monoisotopic (exact) mass is 386 g/mol. The van der Waals surface area contributed by atoms with Crippen LogP contribution >= 0.6 is 0 Å². The minimum atomic E-state index is -4.21. The van der Waals surface area contributed by atoms with Gasteiger partial charge in [0.2, 0.25) is 10.0 Å². The maximum absolute atomic E-state index is 13.8. The van der Waals surface area contributed by atoms with Crippen molar-refractivity contribution in [3.8, 4) is 0 Å². The summed E-state index contributed by atoms with van der Waals surface area (Å²) in [7, 11) is -4.21. The molecule has 1 unspecified atom stereocenters. The highest BCUT2D eigenvalue weighted by Gasteiger charge is 2.28. The van der Waals surface area contributed by atoms with Crippen LogP contribution in [0.5, 0.6) is 0 Å². The highest BCUT2D eigenvalue weighted by atomic mass is 32.2. The molecular weight excluding hydrogens is 366 g/mol. The Morgan fingerprint density at radius 3 is 2.58 bits per heavy atom. The Balaban J connectivity index is 1.81. The maximum atomic E-state index is 13.8. The molecule has 0 radical (unpaired) electrons. The quantitative estimate of drug-likeness (QED) is 0.824. The van der Waals surface area contributed by atoms with E-state index in [0.717, 1.165) is 12.1 Å². The summed E-state index contributed by atoms with van der Waals surface area (Å²) in [5.74, 6) is -0.516. The first-order valence-electron chi connectivity index (χ1n) is 8.19. The number of furan rings is 1. The molecular formula is C17H20F2N2O4S. The molecule has 2 heterocycles. The third kappa shape index (κ3) is 4.29. The molecule has 6 nitrogen and oxygen atoms in total. The van der Waals surface area contributed by atoms with Gasteiger partial charge in [0.15, 0.2) is 0 Å². The Labute approximate surface area is 150 Å². The molecule has 1 aliphatic heterocycles. The van der Waals surface area contributed by atoms with Crippen LogP contribution in [0.2, 0.25) is 0 Å². The Hall–Kier alpha value is -1.81. The van der Waals surface area contributed by atoms with Crippen LogP contribution in [0.3, 0.4) is 0 Å². The summed E-state index contributed by atoms with van der Waals surface area (Å²) in [5, 5.41) is 0. The van der Waals surface area contributed by atoms with Crippen molar-refractivity contribution in [2.45, 2.75) is 17.9 Å². The highest BCUT2D eigenvalue weighted by molar-refractivity contribution is 7.89. The smallest absolute Gasteiger partial charge is 0.243 e. The molecule has 1 aromatic carbocycles. The van der Waals surface area contributed by atoms with Gasteiger partial charge in [0.25, 0.3) is 0 Å². The molecule has 26 heavy (non-hydrogen) atoms. The standard InChI is InChI=1S/C17H20F2N2O4S/c1-12-2-5-16(25-12)15(21-6-8-24-9-7-21)11-20-26(22,23)17-10-13(18)3-4-14(17)19/h2-5,10,15,20H,6-9,11H2,1H3. The van der Waals surface area contributed by atoms with E-state index in [2.05, 4.69) is 4.72 Å². The normalized spacial score (nSPS) is 17.3. The van der Waals surface area contributed by atoms with E-state index in [1.54, 1.807) is 19.1 Å². The molecule has 9 heteroatoms. The molecule has 1 aliphatic rings. The average molecular weight is 386 g/mol. The van der Waals surface area contributed by atoms with Gasteiger partial charge in [0.05, 0.1) is 19.3 Å². The van der Waals surface area contributed by atoms with Gasteiger partial charge in [-0.05, 0) is 37.3 Å². The van der Waals surface area contributed by atoms with Crippen LogP contribution in [-0.4, -0.2) is 46.2 Å². The molecule has 0 amide bonds. The van der Waals surface area contributed by atoms with E-state index < -0.39 is 26.6 Å². The van der Waals surface area contributed by atoms with Gasteiger partial charge in [0, 0.05) is 19.6 Å². The summed E-state index contributed by atoms with van der Waals surface area (Å²) >= 11 is 0. The van der Waals surface area contributed by atoms with Gasteiger partial charge in [-0.25, -0.2) is 21.9 Å². The van der Waals surface area contributed by atoms with E-state index in [1.165, 1.54) is 0 Å². The van der Waals surface area contributed by atoms with Crippen LogP contribution < -0.4 is 4.72 Å². The lowest BCUT2D eigenvalue weighted by molar-refractivity contribution is 0.0127. The molecule has 0 bridgehead atoms. The van der Waals surface area contributed by atoms with Gasteiger partial charge in [-0.2, -0.15) is 0 Å². The second-order valence-corrected chi connectivity index (χ2v) is 7.77. The van der Waals surface area contributed by atoms with Crippen molar-refractivity contribution >= 4 is 10.0 Å². The summed E-state index contributed by atoms with van der Waals surface area (Å²) in [6.45, 7) is 4.04. The molecule has 1 aromatic heterocycles. The highest BCUT2D eigenvalue weighted by Crippen LogP contribution is 2.24. The summed E-state index contributed by atoms with van der Waals surface area (Å²) in [5.41, 5.74) is 0. The Bertz CT molecular complexity index is 863. The van der Waals surface area contributed by atoms with E-state index in [9.17, 15) is 17.2 Å². The molecule has 1 atom stereocenters. The molecule has 1 fully saturated rings. The van der Waals surface area contributed by atoms with Crippen molar-refractivity contribution in [3.05, 3.63) is 53.5 Å².